The standard InChI is InChI=1S/C17H25N3O4/c1-13(21)20(12-17(22)19-9-7-18(2)8-10-19)15-6-5-14(23-3)11-16(15)24-4/h5-6,11H,7-10,12H2,1-4H3. The van der Waals surface area contributed by atoms with Crippen molar-refractivity contribution in [2.75, 3.05) is 58.9 Å². The first kappa shape index (κ1) is 18.1. The predicted octanol–water partition coefficient (Wildman–Crippen LogP) is 0.831. The number of carbonyl (C=O) groups excluding carboxylic acids is 2. The summed E-state index contributed by atoms with van der Waals surface area (Å²) in [5, 5.41) is 0. The summed E-state index contributed by atoms with van der Waals surface area (Å²) in [5.41, 5.74) is 0.563. The second kappa shape index (κ2) is 8.01. The van der Waals surface area contributed by atoms with Crippen LogP contribution in [-0.2, 0) is 9.59 Å². The maximum atomic E-state index is 12.6. The molecule has 7 heteroatoms. The number of hydrogen-bond donors (Lipinski definition) is 0. The number of nitrogens with zero attached hydrogens (tertiary/aromatic N) is 3. The summed E-state index contributed by atoms with van der Waals surface area (Å²) >= 11 is 0. The van der Waals surface area contributed by atoms with E-state index < -0.39 is 0 Å². The molecule has 0 spiro atoms. The van der Waals surface area contributed by atoms with Crippen LogP contribution in [0.3, 0.4) is 0 Å². The number of ether oxygens (including phenoxy) is 2. The highest BCUT2D eigenvalue weighted by Gasteiger charge is 2.25. The second-order valence-electron chi connectivity index (χ2n) is 5.83. The van der Waals surface area contributed by atoms with Crippen LogP contribution in [0.25, 0.3) is 0 Å². The Morgan fingerprint density at radius 3 is 2.33 bits per heavy atom. The molecule has 1 aromatic carbocycles. The van der Waals surface area contributed by atoms with Crippen molar-refractivity contribution in [3.8, 4) is 11.5 Å². The minimum Gasteiger partial charge on any atom is -0.497 e. The van der Waals surface area contributed by atoms with E-state index >= 15 is 0 Å². The number of amides is 2. The lowest BCUT2D eigenvalue weighted by Gasteiger charge is -2.34. The molecule has 0 radical (unpaired) electrons. The van der Waals surface area contributed by atoms with Crippen LogP contribution in [0, 0.1) is 0 Å². The molecule has 0 saturated carbocycles. The Morgan fingerprint density at radius 2 is 1.79 bits per heavy atom. The molecule has 7 nitrogen and oxygen atoms in total. The van der Waals surface area contributed by atoms with Crippen molar-refractivity contribution in [2.24, 2.45) is 0 Å². The zero-order valence-electron chi connectivity index (χ0n) is 14.7. The molecule has 1 fully saturated rings. The molecule has 0 aliphatic carbocycles. The van der Waals surface area contributed by atoms with Crippen LogP contribution in [-0.4, -0.2) is 75.6 Å². The molecule has 0 bridgehead atoms. The van der Waals surface area contributed by atoms with Gasteiger partial charge >= 0.3 is 0 Å². The molecule has 24 heavy (non-hydrogen) atoms. The van der Waals surface area contributed by atoms with Gasteiger partial charge in [-0.2, -0.15) is 0 Å². The summed E-state index contributed by atoms with van der Waals surface area (Å²) in [4.78, 5) is 30.1. The smallest absolute Gasteiger partial charge is 0.242 e. The van der Waals surface area contributed by atoms with E-state index in [-0.39, 0.29) is 18.4 Å². The third-order valence-electron chi connectivity index (χ3n) is 4.21. The van der Waals surface area contributed by atoms with E-state index in [1.807, 2.05) is 7.05 Å². The van der Waals surface area contributed by atoms with Crippen LogP contribution in [0.2, 0.25) is 0 Å². The molecule has 1 aromatic rings. The lowest BCUT2D eigenvalue weighted by Crippen LogP contribution is -2.50. The van der Waals surface area contributed by atoms with Gasteiger partial charge in [-0.05, 0) is 19.2 Å². The van der Waals surface area contributed by atoms with Crippen molar-refractivity contribution in [3.05, 3.63) is 18.2 Å². The van der Waals surface area contributed by atoms with E-state index in [1.54, 1.807) is 30.2 Å². The third kappa shape index (κ3) is 4.17. The number of piperazine rings is 1. The van der Waals surface area contributed by atoms with Crippen molar-refractivity contribution in [3.63, 3.8) is 0 Å². The van der Waals surface area contributed by atoms with Gasteiger partial charge in [-0.25, -0.2) is 0 Å². The lowest BCUT2D eigenvalue weighted by molar-refractivity contribution is -0.132. The zero-order valence-corrected chi connectivity index (χ0v) is 14.7. The average molecular weight is 335 g/mol. The fourth-order valence-corrected chi connectivity index (χ4v) is 2.67. The summed E-state index contributed by atoms with van der Waals surface area (Å²) in [6.07, 6.45) is 0. The fourth-order valence-electron chi connectivity index (χ4n) is 2.67. The number of likely N-dealkylation sites (N-methyl/N-ethyl adjacent to an activating group) is 1. The normalized spacial score (nSPS) is 15.1. The maximum Gasteiger partial charge on any atom is 0.242 e. The Balaban J connectivity index is 2.18. The van der Waals surface area contributed by atoms with Crippen LogP contribution in [0.4, 0.5) is 5.69 Å². The molecule has 0 aromatic heterocycles. The molecule has 2 amide bonds. The summed E-state index contributed by atoms with van der Waals surface area (Å²) in [6.45, 7) is 4.50. The first-order chi connectivity index (χ1) is 11.5. The summed E-state index contributed by atoms with van der Waals surface area (Å²) in [7, 11) is 5.12. The van der Waals surface area contributed by atoms with E-state index in [4.69, 9.17) is 9.47 Å². The molecule has 0 N–H and O–H groups in total. The monoisotopic (exact) mass is 335 g/mol. The van der Waals surface area contributed by atoms with Crippen LogP contribution >= 0.6 is 0 Å². The van der Waals surface area contributed by atoms with Crippen LogP contribution < -0.4 is 14.4 Å². The highest BCUT2D eigenvalue weighted by molar-refractivity contribution is 5.98. The quantitative estimate of drug-likeness (QED) is 0.798. The third-order valence-corrected chi connectivity index (χ3v) is 4.21. The Morgan fingerprint density at radius 1 is 1.12 bits per heavy atom. The van der Waals surface area contributed by atoms with E-state index in [1.165, 1.54) is 18.9 Å². The Labute approximate surface area is 142 Å². The van der Waals surface area contributed by atoms with Gasteiger partial charge < -0.3 is 19.3 Å². The van der Waals surface area contributed by atoms with Gasteiger partial charge in [0.2, 0.25) is 11.8 Å². The number of hydrogen-bond acceptors (Lipinski definition) is 5. The van der Waals surface area contributed by atoms with Gasteiger partial charge in [0.25, 0.3) is 0 Å². The molecule has 1 aliphatic heterocycles. The molecule has 2 rings (SSSR count). The number of rotatable bonds is 5. The van der Waals surface area contributed by atoms with E-state index in [0.717, 1.165) is 13.1 Å². The molecular formula is C17H25N3O4. The van der Waals surface area contributed by atoms with E-state index in [9.17, 15) is 9.59 Å². The average Bonchev–Trinajstić information content (AvgIpc) is 2.59. The van der Waals surface area contributed by atoms with Gasteiger partial charge in [0.15, 0.2) is 0 Å². The summed E-state index contributed by atoms with van der Waals surface area (Å²) < 4.78 is 10.5. The highest BCUT2D eigenvalue weighted by Crippen LogP contribution is 2.32. The van der Waals surface area contributed by atoms with Crippen LogP contribution in [0.1, 0.15) is 6.92 Å². The highest BCUT2D eigenvalue weighted by atomic mass is 16.5. The van der Waals surface area contributed by atoms with E-state index in [2.05, 4.69) is 4.90 Å². The van der Waals surface area contributed by atoms with Gasteiger partial charge in [-0.15, -0.1) is 0 Å². The molecular weight excluding hydrogens is 310 g/mol. The Bertz CT molecular complexity index is 597. The lowest BCUT2D eigenvalue weighted by atomic mass is 10.2. The second-order valence-corrected chi connectivity index (χ2v) is 5.83. The first-order valence-electron chi connectivity index (χ1n) is 7.92. The molecule has 1 heterocycles. The van der Waals surface area contributed by atoms with Gasteiger partial charge in [0.05, 0.1) is 19.9 Å². The van der Waals surface area contributed by atoms with Gasteiger partial charge in [-0.1, -0.05) is 0 Å². The number of anilines is 1. The van der Waals surface area contributed by atoms with Crippen molar-refractivity contribution in [1.82, 2.24) is 9.80 Å². The predicted molar refractivity (Wildman–Crippen MR) is 91.7 cm³/mol. The van der Waals surface area contributed by atoms with E-state index in [0.29, 0.717) is 30.3 Å². The van der Waals surface area contributed by atoms with Crippen molar-refractivity contribution in [2.45, 2.75) is 6.92 Å². The molecule has 0 atom stereocenters. The Kier molecular flexibility index (Phi) is 6.03. The number of benzene rings is 1. The minimum atomic E-state index is -0.207. The summed E-state index contributed by atoms with van der Waals surface area (Å²) in [5.74, 6) is 0.859. The van der Waals surface area contributed by atoms with Gasteiger partial charge in [0, 0.05) is 39.2 Å². The topological polar surface area (TPSA) is 62.3 Å². The van der Waals surface area contributed by atoms with Crippen LogP contribution in [0.5, 0.6) is 11.5 Å². The first-order valence-corrected chi connectivity index (χ1v) is 7.92. The minimum absolute atomic E-state index is 0.00172. The molecule has 1 aliphatic rings. The van der Waals surface area contributed by atoms with Crippen molar-refractivity contribution >= 4 is 17.5 Å². The van der Waals surface area contributed by atoms with Crippen LogP contribution in [0.15, 0.2) is 18.2 Å². The molecule has 1 saturated heterocycles. The Hall–Kier alpha value is -2.28. The fraction of sp³-hybridized carbons (Fsp3) is 0.529. The zero-order chi connectivity index (χ0) is 17.7. The molecule has 132 valence electrons. The SMILES string of the molecule is COc1ccc(N(CC(=O)N2CCN(C)CC2)C(C)=O)c(OC)c1. The number of methoxy groups -OCH3 is 2. The van der Waals surface area contributed by atoms with Crippen molar-refractivity contribution < 1.29 is 19.1 Å². The number of carbonyl (C=O) groups is 2. The van der Waals surface area contributed by atoms with Gasteiger partial charge in [0.1, 0.15) is 18.0 Å². The van der Waals surface area contributed by atoms with Crippen molar-refractivity contribution in [1.29, 1.82) is 0 Å². The largest absolute Gasteiger partial charge is 0.497 e. The molecule has 0 unspecified atom stereocenters. The maximum absolute atomic E-state index is 12.6. The summed E-state index contributed by atoms with van der Waals surface area (Å²) in [6, 6.07) is 5.18. The van der Waals surface area contributed by atoms with Gasteiger partial charge in [-0.3, -0.25) is 14.5 Å².